The van der Waals surface area contributed by atoms with Gasteiger partial charge in [0.15, 0.2) is 0 Å². The molecule has 21 heavy (non-hydrogen) atoms. The second kappa shape index (κ2) is 7.23. The summed E-state index contributed by atoms with van der Waals surface area (Å²) in [5, 5.41) is 3.35. The molecule has 2 aromatic rings. The summed E-state index contributed by atoms with van der Waals surface area (Å²) in [6, 6.07) is 12.5. The van der Waals surface area contributed by atoms with Gasteiger partial charge in [-0.3, -0.25) is 4.98 Å². The zero-order valence-electron chi connectivity index (χ0n) is 12.3. The third kappa shape index (κ3) is 4.05. The molecule has 110 valence electrons. The first-order chi connectivity index (χ1) is 10.4. The maximum Gasteiger partial charge on any atom is 0.119 e. The number of nitrogens with zero attached hydrogens (tertiary/aromatic N) is 1. The van der Waals surface area contributed by atoms with Crippen LogP contribution in [0.15, 0.2) is 42.6 Å². The number of ether oxygens (including phenoxy) is 1. The summed E-state index contributed by atoms with van der Waals surface area (Å²) in [6.07, 6.45) is 6.87. The van der Waals surface area contributed by atoms with Gasteiger partial charge in [0.1, 0.15) is 12.4 Å². The number of pyridine rings is 1. The molecule has 1 heterocycles. The van der Waals surface area contributed by atoms with Gasteiger partial charge in [0.25, 0.3) is 0 Å². The van der Waals surface area contributed by atoms with E-state index < -0.39 is 0 Å². The molecule has 0 fully saturated rings. The number of fused-ring (bicyclic) bond motifs is 1. The largest absolute Gasteiger partial charge is 0.492 e. The van der Waals surface area contributed by atoms with Gasteiger partial charge in [0.2, 0.25) is 0 Å². The summed E-state index contributed by atoms with van der Waals surface area (Å²) in [4.78, 5) is 4.28. The Morgan fingerprint density at radius 3 is 2.81 bits per heavy atom. The van der Waals surface area contributed by atoms with Crippen LogP contribution in [0.25, 0.3) is 0 Å². The van der Waals surface area contributed by atoms with Crippen LogP contribution in [-0.2, 0) is 19.4 Å². The molecule has 0 bridgehead atoms. The molecule has 0 saturated carbocycles. The molecule has 3 rings (SSSR count). The molecule has 0 unspecified atom stereocenters. The van der Waals surface area contributed by atoms with Crippen molar-refractivity contribution in [3.05, 3.63) is 59.4 Å². The quantitative estimate of drug-likeness (QED) is 0.827. The van der Waals surface area contributed by atoms with Gasteiger partial charge < -0.3 is 10.1 Å². The molecule has 1 aromatic heterocycles. The van der Waals surface area contributed by atoms with Crippen molar-refractivity contribution in [2.75, 3.05) is 13.2 Å². The van der Waals surface area contributed by atoms with E-state index in [4.69, 9.17) is 4.74 Å². The molecule has 0 spiro atoms. The third-order valence-electron chi connectivity index (χ3n) is 3.90. The summed E-state index contributed by atoms with van der Waals surface area (Å²) < 4.78 is 5.83. The highest BCUT2D eigenvalue weighted by molar-refractivity contribution is 5.37. The number of aryl methyl sites for hydroxylation is 2. The van der Waals surface area contributed by atoms with Crippen LogP contribution in [0.3, 0.4) is 0 Å². The Bertz CT molecular complexity index is 569. The molecule has 3 nitrogen and oxygen atoms in total. The molecule has 0 radical (unpaired) electrons. The smallest absolute Gasteiger partial charge is 0.119 e. The molecule has 1 aliphatic rings. The number of benzene rings is 1. The molecule has 0 amide bonds. The number of nitrogens with one attached hydrogen (secondary N) is 1. The molecule has 1 aromatic carbocycles. The van der Waals surface area contributed by atoms with Gasteiger partial charge in [0.05, 0.1) is 5.69 Å². The van der Waals surface area contributed by atoms with Crippen LogP contribution in [0, 0.1) is 0 Å². The van der Waals surface area contributed by atoms with Crippen molar-refractivity contribution in [3.8, 4) is 5.75 Å². The lowest BCUT2D eigenvalue weighted by Crippen LogP contribution is -2.21. The van der Waals surface area contributed by atoms with Crippen molar-refractivity contribution in [1.29, 1.82) is 0 Å². The standard InChI is InChI=1S/C18H22N2O/c1-2-6-16-13-18(9-8-15(16)5-1)21-12-11-19-14-17-7-3-4-10-20-17/h3-4,7-10,13,19H,1-2,5-6,11-12,14H2. The van der Waals surface area contributed by atoms with Crippen molar-refractivity contribution in [1.82, 2.24) is 10.3 Å². The minimum absolute atomic E-state index is 0.686. The number of rotatable bonds is 6. The molecular weight excluding hydrogens is 260 g/mol. The lowest BCUT2D eigenvalue weighted by atomic mass is 9.92. The Balaban J connectivity index is 1.41. The van der Waals surface area contributed by atoms with Crippen LogP contribution in [0.4, 0.5) is 0 Å². The van der Waals surface area contributed by atoms with Crippen LogP contribution < -0.4 is 10.1 Å². The van der Waals surface area contributed by atoms with E-state index in [0.717, 1.165) is 24.5 Å². The summed E-state index contributed by atoms with van der Waals surface area (Å²) in [5.74, 6) is 0.996. The maximum atomic E-state index is 5.83. The molecule has 0 atom stereocenters. The van der Waals surface area contributed by atoms with E-state index in [1.54, 1.807) is 0 Å². The van der Waals surface area contributed by atoms with Gasteiger partial charge in [-0.05, 0) is 61.1 Å². The topological polar surface area (TPSA) is 34.1 Å². The van der Waals surface area contributed by atoms with Crippen molar-refractivity contribution < 1.29 is 4.74 Å². The maximum absolute atomic E-state index is 5.83. The number of aromatic nitrogens is 1. The molecule has 3 heteroatoms. The van der Waals surface area contributed by atoms with Gasteiger partial charge in [-0.1, -0.05) is 12.1 Å². The Morgan fingerprint density at radius 1 is 1.05 bits per heavy atom. The fraction of sp³-hybridized carbons (Fsp3) is 0.389. The monoisotopic (exact) mass is 282 g/mol. The lowest BCUT2D eigenvalue weighted by Gasteiger charge is -2.16. The summed E-state index contributed by atoms with van der Waals surface area (Å²) in [6.45, 7) is 2.30. The Morgan fingerprint density at radius 2 is 1.95 bits per heavy atom. The zero-order chi connectivity index (χ0) is 14.3. The minimum atomic E-state index is 0.686. The third-order valence-corrected chi connectivity index (χ3v) is 3.90. The van der Waals surface area contributed by atoms with Gasteiger partial charge >= 0.3 is 0 Å². The van der Waals surface area contributed by atoms with E-state index in [1.165, 1.54) is 36.8 Å². The van der Waals surface area contributed by atoms with E-state index in [-0.39, 0.29) is 0 Å². The van der Waals surface area contributed by atoms with Crippen molar-refractivity contribution in [2.45, 2.75) is 32.2 Å². The summed E-state index contributed by atoms with van der Waals surface area (Å²) >= 11 is 0. The van der Waals surface area contributed by atoms with Crippen LogP contribution in [-0.4, -0.2) is 18.1 Å². The molecule has 0 saturated heterocycles. The van der Waals surface area contributed by atoms with E-state index >= 15 is 0 Å². The molecular formula is C18H22N2O. The predicted molar refractivity (Wildman–Crippen MR) is 84.5 cm³/mol. The Hall–Kier alpha value is -1.87. The summed E-state index contributed by atoms with van der Waals surface area (Å²) in [5.41, 5.74) is 4.04. The first-order valence-corrected chi connectivity index (χ1v) is 7.77. The van der Waals surface area contributed by atoms with Crippen molar-refractivity contribution in [2.24, 2.45) is 0 Å². The zero-order valence-corrected chi connectivity index (χ0v) is 12.3. The lowest BCUT2D eigenvalue weighted by molar-refractivity contribution is 0.313. The van der Waals surface area contributed by atoms with E-state index in [1.807, 2.05) is 24.4 Å². The number of hydrogen-bond acceptors (Lipinski definition) is 3. The molecule has 0 aliphatic heterocycles. The SMILES string of the molecule is c1ccc(CNCCOc2ccc3c(c2)CCCC3)nc1. The van der Waals surface area contributed by atoms with Crippen LogP contribution in [0.5, 0.6) is 5.75 Å². The Labute approximate surface area is 126 Å². The fourth-order valence-electron chi connectivity index (χ4n) is 2.76. The minimum Gasteiger partial charge on any atom is -0.492 e. The van der Waals surface area contributed by atoms with E-state index in [9.17, 15) is 0 Å². The second-order valence-electron chi connectivity index (χ2n) is 5.48. The highest BCUT2D eigenvalue weighted by atomic mass is 16.5. The van der Waals surface area contributed by atoms with Gasteiger partial charge in [-0.25, -0.2) is 0 Å². The normalized spacial score (nSPS) is 13.7. The Kier molecular flexibility index (Phi) is 4.85. The van der Waals surface area contributed by atoms with Gasteiger partial charge in [0, 0.05) is 19.3 Å². The first kappa shape index (κ1) is 14.1. The van der Waals surface area contributed by atoms with Crippen molar-refractivity contribution >= 4 is 0 Å². The fourth-order valence-corrected chi connectivity index (χ4v) is 2.76. The van der Waals surface area contributed by atoms with Crippen molar-refractivity contribution in [3.63, 3.8) is 0 Å². The van der Waals surface area contributed by atoms with Gasteiger partial charge in [-0.15, -0.1) is 0 Å². The van der Waals surface area contributed by atoms with Crippen LogP contribution in [0.2, 0.25) is 0 Å². The second-order valence-corrected chi connectivity index (χ2v) is 5.48. The highest BCUT2D eigenvalue weighted by Gasteiger charge is 2.09. The summed E-state index contributed by atoms with van der Waals surface area (Å²) in [7, 11) is 0. The van der Waals surface area contributed by atoms with Crippen LogP contribution in [0.1, 0.15) is 29.7 Å². The molecule has 1 N–H and O–H groups in total. The highest BCUT2D eigenvalue weighted by Crippen LogP contribution is 2.25. The average Bonchev–Trinajstić information content (AvgIpc) is 2.55. The molecule has 1 aliphatic carbocycles. The van der Waals surface area contributed by atoms with E-state index in [2.05, 4.69) is 28.5 Å². The van der Waals surface area contributed by atoms with E-state index in [0.29, 0.717) is 6.61 Å². The van der Waals surface area contributed by atoms with Crippen LogP contribution >= 0.6 is 0 Å². The average molecular weight is 282 g/mol. The van der Waals surface area contributed by atoms with Gasteiger partial charge in [-0.2, -0.15) is 0 Å². The first-order valence-electron chi connectivity index (χ1n) is 7.77. The number of hydrogen-bond donors (Lipinski definition) is 1. The predicted octanol–water partition coefficient (Wildman–Crippen LogP) is 3.13.